The van der Waals surface area contributed by atoms with Crippen molar-refractivity contribution in [3.63, 3.8) is 0 Å². The molecular formula is C18H24ClF3N2O4. The van der Waals surface area contributed by atoms with Crippen molar-refractivity contribution in [3.8, 4) is 5.75 Å². The molecule has 1 unspecified atom stereocenters. The van der Waals surface area contributed by atoms with Gasteiger partial charge in [0.05, 0.1) is 19.6 Å². The smallest absolute Gasteiger partial charge is 0.469 e. The molecule has 1 amide bonds. The lowest BCUT2D eigenvalue weighted by atomic mass is 9.91. The van der Waals surface area contributed by atoms with E-state index in [0.717, 1.165) is 18.7 Å². The fourth-order valence-electron chi connectivity index (χ4n) is 3.06. The largest absolute Gasteiger partial charge is 0.573 e. The number of esters is 1. The van der Waals surface area contributed by atoms with Crippen LogP contribution in [0.1, 0.15) is 37.8 Å². The molecule has 6 nitrogen and oxygen atoms in total. The Morgan fingerprint density at radius 1 is 1.29 bits per heavy atom. The highest BCUT2D eigenvalue weighted by molar-refractivity contribution is 5.85. The fourth-order valence-corrected chi connectivity index (χ4v) is 3.06. The van der Waals surface area contributed by atoms with Crippen molar-refractivity contribution < 1.29 is 32.2 Å². The molecule has 158 valence electrons. The number of nitrogens with one attached hydrogen (secondary N) is 2. The van der Waals surface area contributed by atoms with Gasteiger partial charge in [-0.2, -0.15) is 0 Å². The molecule has 0 aliphatic carbocycles. The number of halogens is 4. The number of piperidine rings is 1. The lowest BCUT2D eigenvalue weighted by molar-refractivity contribution is -0.274. The van der Waals surface area contributed by atoms with Gasteiger partial charge in [0.1, 0.15) is 5.75 Å². The van der Waals surface area contributed by atoms with Crippen molar-refractivity contribution in [2.24, 2.45) is 5.92 Å². The van der Waals surface area contributed by atoms with Crippen molar-refractivity contribution in [1.82, 2.24) is 10.6 Å². The molecule has 28 heavy (non-hydrogen) atoms. The first-order valence-electron chi connectivity index (χ1n) is 8.64. The van der Waals surface area contributed by atoms with Gasteiger partial charge < -0.3 is 20.1 Å². The first-order chi connectivity index (χ1) is 12.7. The van der Waals surface area contributed by atoms with Gasteiger partial charge in [-0.05, 0) is 44.0 Å². The van der Waals surface area contributed by atoms with Crippen LogP contribution in [0.2, 0.25) is 0 Å². The predicted molar refractivity (Wildman–Crippen MR) is 98.1 cm³/mol. The second-order valence-corrected chi connectivity index (χ2v) is 6.53. The van der Waals surface area contributed by atoms with Gasteiger partial charge in [0.25, 0.3) is 0 Å². The maximum absolute atomic E-state index is 12.6. The van der Waals surface area contributed by atoms with Crippen molar-refractivity contribution in [2.45, 2.75) is 44.6 Å². The lowest BCUT2D eigenvalue weighted by Crippen LogP contribution is -2.43. The normalized spacial score (nSPS) is 20.5. The van der Waals surface area contributed by atoms with Crippen LogP contribution in [0.25, 0.3) is 0 Å². The quantitative estimate of drug-likeness (QED) is 0.686. The Bertz CT molecular complexity index is 655. The molecule has 1 aliphatic heterocycles. The Balaban J connectivity index is 0.00000392. The summed E-state index contributed by atoms with van der Waals surface area (Å²) in [6.07, 6.45) is -3.55. The number of amides is 1. The van der Waals surface area contributed by atoms with Gasteiger partial charge in [0, 0.05) is 12.0 Å². The molecule has 1 heterocycles. The number of rotatable bonds is 6. The van der Waals surface area contributed by atoms with E-state index in [2.05, 4.69) is 20.1 Å². The van der Waals surface area contributed by atoms with Crippen LogP contribution in [0.4, 0.5) is 13.2 Å². The van der Waals surface area contributed by atoms with Gasteiger partial charge in [0.2, 0.25) is 5.91 Å². The molecule has 10 heteroatoms. The molecule has 2 N–H and O–H groups in total. The molecule has 0 spiro atoms. The maximum Gasteiger partial charge on any atom is 0.573 e. The summed E-state index contributed by atoms with van der Waals surface area (Å²) in [7, 11) is 1.23. The van der Waals surface area contributed by atoms with E-state index in [4.69, 9.17) is 0 Å². The molecule has 1 aliphatic rings. The number of benzene rings is 1. The minimum Gasteiger partial charge on any atom is -0.469 e. The van der Waals surface area contributed by atoms with Crippen molar-refractivity contribution in [1.29, 1.82) is 0 Å². The molecule has 1 aromatic rings. The summed E-state index contributed by atoms with van der Waals surface area (Å²) in [5.41, 5.74) is 0.491. The van der Waals surface area contributed by atoms with Gasteiger partial charge >= 0.3 is 12.3 Å². The van der Waals surface area contributed by atoms with Crippen LogP contribution in [-0.4, -0.2) is 37.9 Å². The number of ether oxygens (including phenoxy) is 2. The zero-order valence-corrected chi connectivity index (χ0v) is 16.4. The van der Waals surface area contributed by atoms with Crippen molar-refractivity contribution in [3.05, 3.63) is 29.8 Å². The van der Waals surface area contributed by atoms with Crippen LogP contribution < -0.4 is 15.4 Å². The molecule has 0 radical (unpaired) electrons. The van der Waals surface area contributed by atoms with E-state index < -0.39 is 18.4 Å². The van der Waals surface area contributed by atoms with E-state index in [9.17, 15) is 22.8 Å². The highest BCUT2D eigenvalue weighted by Gasteiger charge is 2.31. The summed E-state index contributed by atoms with van der Waals surface area (Å²) in [5, 5.41) is 6.08. The van der Waals surface area contributed by atoms with Crippen LogP contribution in [0.15, 0.2) is 24.3 Å². The molecular weight excluding hydrogens is 401 g/mol. The highest BCUT2D eigenvalue weighted by Crippen LogP contribution is 2.26. The zero-order valence-electron chi connectivity index (χ0n) is 15.5. The lowest BCUT2D eigenvalue weighted by Gasteiger charge is -2.29. The van der Waals surface area contributed by atoms with E-state index in [1.807, 2.05) is 6.92 Å². The zero-order chi connectivity index (χ0) is 20.0. The summed E-state index contributed by atoms with van der Waals surface area (Å²) < 4.78 is 45.3. The van der Waals surface area contributed by atoms with Crippen LogP contribution in [0.3, 0.4) is 0 Å². The number of hydrogen-bond donors (Lipinski definition) is 2. The first-order valence-corrected chi connectivity index (χ1v) is 8.64. The highest BCUT2D eigenvalue weighted by atomic mass is 35.5. The van der Waals surface area contributed by atoms with Gasteiger partial charge in [0.15, 0.2) is 0 Å². The summed E-state index contributed by atoms with van der Waals surface area (Å²) in [6.45, 7) is 2.72. The van der Waals surface area contributed by atoms with E-state index >= 15 is 0 Å². The van der Waals surface area contributed by atoms with Crippen LogP contribution in [0, 0.1) is 5.92 Å². The molecule has 2 rings (SSSR count). The van der Waals surface area contributed by atoms with Gasteiger partial charge in [-0.15, -0.1) is 25.6 Å². The molecule has 1 fully saturated rings. The van der Waals surface area contributed by atoms with Crippen molar-refractivity contribution in [2.75, 3.05) is 13.7 Å². The Hall–Kier alpha value is -2.00. The first kappa shape index (κ1) is 24.0. The second kappa shape index (κ2) is 10.5. The molecule has 0 bridgehead atoms. The van der Waals surface area contributed by atoms with Crippen LogP contribution >= 0.6 is 12.4 Å². The van der Waals surface area contributed by atoms with Gasteiger partial charge in [-0.3, -0.25) is 9.59 Å². The van der Waals surface area contributed by atoms with E-state index in [1.54, 1.807) is 0 Å². The standard InChI is InChI=1S/C18H23F3N2O4.ClH/c1-11-9-13(7-8-22-11)17(25)23-15(10-16(24)26-2)12-3-5-14(6-4-12)27-18(19,20)21;/h3-6,11,13,15,22H,7-10H2,1-2H3,(H,23,25);1H/t11-,13-,15?;/m0./s1. The summed E-state index contributed by atoms with van der Waals surface area (Å²) in [6, 6.07) is 4.58. The minimum absolute atomic E-state index is 0. The fraction of sp³-hybridized carbons (Fsp3) is 0.556. The topological polar surface area (TPSA) is 76.7 Å². The number of hydrogen-bond acceptors (Lipinski definition) is 5. The average Bonchev–Trinajstić information content (AvgIpc) is 2.60. The Labute approximate surface area is 167 Å². The monoisotopic (exact) mass is 424 g/mol. The summed E-state index contributed by atoms with van der Waals surface area (Å²) in [4.78, 5) is 24.3. The van der Waals surface area contributed by atoms with E-state index in [-0.39, 0.29) is 42.4 Å². The molecule has 1 saturated heterocycles. The number of carbonyl (C=O) groups excluding carboxylic acids is 2. The Morgan fingerprint density at radius 3 is 2.46 bits per heavy atom. The predicted octanol–water partition coefficient (Wildman–Crippen LogP) is 3.12. The van der Waals surface area contributed by atoms with Gasteiger partial charge in [-0.25, -0.2) is 0 Å². The SMILES string of the molecule is COC(=O)CC(NC(=O)[C@H]1CCN[C@@H](C)C1)c1ccc(OC(F)(F)F)cc1.Cl. The maximum atomic E-state index is 12.6. The molecule has 0 saturated carbocycles. The van der Waals surface area contributed by atoms with E-state index in [1.165, 1.54) is 19.2 Å². The van der Waals surface area contributed by atoms with E-state index in [0.29, 0.717) is 18.4 Å². The molecule has 0 aromatic heterocycles. The third-order valence-corrected chi connectivity index (χ3v) is 4.43. The third-order valence-electron chi connectivity index (χ3n) is 4.43. The number of alkyl halides is 3. The summed E-state index contributed by atoms with van der Waals surface area (Å²) >= 11 is 0. The van der Waals surface area contributed by atoms with Crippen LogP contribution in [0.5, 0.6) is 5.75 Å². The average molecular weight is 425 g/mol. The second-order valence-electron chi connectivity index (χ2n) is 6.53. The number of methoxy groups -OCH3 is 1. The minimum atomic E-state index is -4.78. The van der Waals surface area contributed by atoms with Crippen LogP contribution in [-0.2, 0) is 14.3 Å². The molecule has 1 aromatic carbocycles. The third kappa shape index (κ3) is 7.55. The summed E-state index contributed by atoms with van der Waals surface area (Å²) in [5.74, 6) is -1.28. The number of carbonyl (C=O) groups is 2. The Kier molecular flexibility index (Phi) is 9.03. The van der Waals surface area contributed by atoms with Gasteiger partial charge in [-0.1, -0.05) is 12.1 Å². The van der Waals surface area contributed by atoms with Crippen molar-refractivity contribution >= 4 is 24.3 Å². The molecule has 3 atom stereocenters. The Morgan fingerprint density at radius 2 is 1.93 bits per heavy atom.